The van der Waals surface area contributed by atoms with Crippen LogP contribution >= 0.6 is 0 Å². The fourth-order valence-electron chi connectivity index (χ4n) is 2.46. The first-order valence-electron chi connectivity index (χ1n) is 8.34. The van der Waals surface area contributed by atoms with Crippen LogP contribution < -0.4 is 0 Å². The number of hydrogen-bond donors (Lipinski definition) is 2. The maximum Gasteiger partial charge on any atom is 0.331 e. The zero-order valence-corrected chi connectivity index (χ0v) is 14.9. The second-order valence-corrected chi connectivity index (χ2v) is 5.83. The van der Waals surface area contributed by atoms with E-state index in [-0.39, 0.29) is 17.1 Å². The number of non-ortho nitro benzene ring substituents is 1. The molecule has 0 bridgehead atoms. The number of nitriles is 1. The molecule has 0 aliphatic carbocycles. The molecule has 9 heteroatoms. The fraction of sp³-hybridized carbons (Fsp3) is 0.0500. The molecule has 3 aromatic rings. The molecule has 0 atom stereocenters. The van der Waals surface area contributed by atoms with Gasteiger partial charge in [0.15, 0.2) is 11.6 Å². The molecule has 0 fully saturated rings. The van der Waals surface area contributed by atoms with Crippen molar-refractivity contribution in [3.05, 3.63) is 81.9 Å². The van der Waals surface area contributed by atoms with Crippen LogP contribution in [0.4, 0.5) is 5.69 Å². The highest BCUT2D eigenvalue weighted by Gasteiger charge is 2.14. The van der Waals surface area contributed by atoms with Gasteiger partial charge in [0.05, 0.1) is 16.0 Å². The predicted octanol–water partition coefficient (Wildman–Crippen LogP) is 3.52. The largest absolute Gasteiger partial charge is 0.507 e. The fourth-order valence-corrected chi connectivity index (χ4v) is 2.46. The summed E-state index contributed by atoms with van der Waals surface area (Å²) in [6.45, 7) is -0.511. The number of H-pyrrole nitrogens is 1. The minimum atomic E-state index is -0.753. The molecule has 0 amide bonds. The van der Waals surface area contributed by atoms with E-state index in [0.717, 1.165) is 6.08 Å². The average Bonchev–Trinajstić information content (AvgIpc) is 3.15. The Morgan fingerprint density at radius 1 is 1.28 bits per heavy atom. The van der Waals surface area contributed by atoms with Crippen LogP contribution in [0.25, 0.3) is 22.7 Å². The molecule has 0 aliphatic heterocycles. The molecule has 1 heterocycles. The third-order valence-electron chi connectivity index (χ3n) is 3.89. The molecule has 0 saturated heterocycles. The van der Waals surface area contributed by atoms with Crippen molar-refractivity contribution in [2.75, 3.05) is 6.61 Å². The summed E-state index contributed by atoms with van der Waals surface area (Å²) in [4.78, 5) is 29.1. The summed E-state index contributed by atoms with van der Waals surface area (Å²) < 4.78 is 4.93. The Morgan fingerprint density at radius 3 is 2.66 bits per heavy atom. The van der Waals surface area contributed by atoms with Crippen LogP contribution in [0.2, 0.25) is 0 Å². The number of nitrogens with one attached hydrogen (secondary N) is 1. The van der Waals surface area contributed by atoms with E-state index in [1.807, 2.05) is 6.07 Å². The number of aromatic amines is 1. The van der Waals surface area contributed by atoms with Gasteiger partial charge in [0, 0.05) is 18.2 Å². The number of aliphatic hydroxyl groups is 1. The van der Waals surface area contributed by atoms with Gasteiger partial charge in [-0.3, -0.25) is 10.1 Å². The van der Waals surface area contributed by atoms with Crippen molar-refractivity contribution in [2.24, 2.45) is 0 Å². The van der Waals surface area contributed by atoms with Crippen LogP contribution in [0.1, 0.15) is 11.4 Å². The molecular formula is C20H14N4O5. The van der Waals surface area contributed by atoms with Gasteiger partial charge in [0.1, 0.15) is 18.2 Å². The molecule has 0 saturated carbocycles. The number of imidazole rings is 1. The number of benzene rings is 2. The van der Waals surface area contributed by atoms with Crippen molar-refractivity contribution in [3.8, 4) is 6.07 Å². The molecule has 144 valence electrons. The van der Waals surface area contributed by atoms with Crippen LogP contribution in [-0.4, -0.2) is 32.6 Å². The smallest absolute Gasteiger partial charge is 0.331 e. The second-order valence-electron chi connectivity index (χ2n) is 5.83. The SMILES string of the molecule is N#C/C(=C(/O)COC(=O)/C=C/c1ccc([N+](=O)[O-])cc1)c1nc2ccccc2[nH]1. The van der Waals surface area contributed by atoms with Gasteiger partial charge >= 0.3 is 5.97 Å². The van der Waals surface area contributed by atoms with Crippen molar-refractivity contribution in [2.45, 2.75) is 0 Å². The van der Waals surface area contributed by atoms with Crippen molar-refractivity contribution in [1.82, 2.24) is 9.97 Å². The minimum absolute atomic E-state index is 0.0607. The van der Waals surface area contributed by atoms with Gasteiger partial charge in [-0.15, -0.1) is 0 Å². The number of nitrogens with zero attached hydrogens (tertiary/aromatic N) is 3. The first-order valence-corrected chi connectivity index (χ1v) is 8.34. The number of rotatable bonds is 6. The topological polar surface area (TPSA) is 142 Å². The Morgan fingerprint density at radius 2 is 2.00 bits per heavy atom. The van der Waals surface area contributed by atoms with Crippen LogP contribution in [0.3, 0.4) is 0 Å². The summed E-state index contributed by atoms with van der Waals surface area (Å²) >= 11 is 0. The third-order valence-corrected chi connectivity index (χ3v) is 3.89. The molecule has 0 radical (unpaired) electrons. The second kappa shape index (κ2) is 8.49. The van der Waals surface area contributed by atoms with Crippen LogP contribution in [-0.2, 0) is 9.53 Å². The van der Waals surface area contributed by atoms with E-state index in [0.29, 0.717) is 16.6 Å². The molecule has 2 aromatic carbocycles. The van der Waals surface area contributed by atoms with E-state index in [9.17, 15) is 25.3 Å². The van der Waals surface area contributed by atoms with E-state index in [1.54, 1.807) is 24.3 Å². The van der Waals surface area contributed by atoms with Crippen molar-refractivity contribution in [1.29, 1.82) is 5.26 Å². The summed E-state index contributed by atoms with van der Waals surface area (Å²) in [6, 6.07) is 14.6. The van der Waals surface area contributed by atoms with Gasteiger partial charge in [-0.25, -0.2) is 9.78 Å². The number of nitro benzene ring substituents is 1. The number of para-hydroxylation sites is 2. The molecule has 29 heavy (non-hydrogen) atoms. The van der Waals surface area contributed by atoms with Gasteiger partial charge in [-0.05, 0) is 35.9 Å². The standard InChI is InChI=1S/C20H14N4O5/c21-11-15(20-22-16-3-1-2-4-17(16)23-20)18(25)12-29-19(26)10-7-13-5-8-14(9-6-13)24(27)28/h1-10,25H,12H2,(H,22,23)/b10-7+,18-15-. The Balaban J connectivity index is 1.66. The zero-order chi connectivity index (χ0) is 20.8. The highest BCUT2D eigenvalue weighted by Crippen LogP contribution is 2.19. The highest BCUT2D eigenvalue weighted by molar-refractivity contribution is 5.87. The minimum Gasteiger partial charge on any atom is -0.507 e. The summed E-state index contributed by atoms with van der Waals surface area (Å²) in [5.74, 6) is -1.02. The number of carbonyl (C=O) groups excluding carboxylic acids is 1. The lowest BCUT2D eigenvalue weighted by Crippen LogP contribution is -2.06. The Bertz CT molecular complexity index is 1140. The number of aliphatic hydroxyl groups excluding tert-OH is 1. The lowest BCUT2D eigenvalue weighted by atomic mass is 10.2. The molecule has 0 unspecified atom stereocenters. The summed E-state index contributed by atoms with van der Waals surface area (Å²) in [6.07, 6.45) is 2.53. The van der Waals surface area contributed by atoms with E-state index in [1.165, 1.54) is 30.3 Å². The Kier molecular flexibility index (Phi) is 5.66. The summed E-state index contributed by atoms with van der Waals surface area (Å²) in [5.41, 5.74) is 1.70. The van der Waals surface area contributed by atoms with Crippen LogP contribution in [0, 0.1) is 21.4 Å². The van der Waals surface area contributed by atoms with E-state index >= 15 is 0 Å². The number of carbonyl (C=O) groups is 1. The first kappa shape index (κ1) is 19.3. The van der Waals surface area contributed by atoms with E-state index < -0.39 is 23.3 Å². The number of fused-ring (bicyclic) bond motifs is 1. The van der Waals surface area contributed by atoms with Gasteiger partial charge < -0.3 is 14.8 Å². The monoisotopic (exact) mass is 390 g/mol. The third kappa shape index (κ3) is 4.64. The Labute approximate surface area is 164 Å². The molecule has 9 nitrogen and oxygen atoms in total. The number of aromatic nitrogens is 2. The maximum atomic E-state index is 11.8. The molecule has 0 aliphatic rings. The van der Waals surface area contributed by atoms with Crippen LogP contribution in [0.15, 0.2) is 60.4 Å². The molecule has 1 aromatic heterocycles. The van der Waals surface area contributed by atoms with Crippen molar-refractivity contribution >= 4 is 34.3 Å². The van der Waals surface area contributed by atoms with Crippen molar-refractivity contribution < 1.29 is 19.6 Å². The molecule has 2 N–H and O–H groups in total. The normalized spacial score (nSPS) is 11.8. The van der Waals surface area contributed by atoms with Crippen molar-refractivity contribution in [3.63, 3.8) is 0 Å². The average molecular weight is 390 g/mol. The number of nitro groups is 1. The lowest BCUT2D eigenvalue weighted by molar-refractivity contribution is -0.384. The summed E-state index contributed by atoms with van der Waals surface area (Å²) in [7, 11) is 0. The molecule has 3 rings (SSSR count). The highest BCUT2D eigenvalue weighted by atomic mass is 16.6. The van der Waals surface area contributed by atoms with Gasteiger partial charge in [0.25, 0.3) is 5.69 Å². The quantitative estimate of drug-likeness (QED) is 0.164. The Hall–Kier alpha value is -4.45. The lowest BCUT2D eigenvalue weighted by Gasteiger charge is -2.03. The van der Waals surface area contributed by atoms with Gasteiger partial charge in [0.2, 0.25) is 0 Å². The van der Waals surface area contributed by atoms with E-state index in [2.05, 4.69) is 9.97 Å². The number of ether oxygens (including phenoxy) is 1. The van der Waals surface area contributed by atoms with Crippen LogP contribution in [0.5, 0.6) is 0 Å². The van der Waals surface area contributed by atoms with E-state index in [4.69, 9.17) is 4.74 Å². The number of hydrogen-bond acceptors (Lipinski definition) is 7. The zero-order valence-electron chi connectivity index (χ0n) is 14.9. The van der Waals surface area contributed by atoms with Gasteiger partial charge in [-0.2, -0.15) is 5.26 Å². The number of allylic oxidation sites excluding steroid dienone is 1. The number of esters is 1. The van der Waals surface area contributed by atoms with Gasteiger partial charge in [-0.1, -0.05) is 12.1 Å². The first-order chi connectivity index (χ1) is 14.0. The molecular weight excluding hydrogens is 376 g/mol. The predicted molar refractivity (Wildman–Crippen MR) is 104 cm³/mol. The maximum absolute atomic E-state index is 11.8. The summed E-state index contributed by atoms with van der Waals surface area (Å²) in [5, 5.41) is 30.1. The molecule has 0 spiro atoms.